The zero-order chi connectivity index (χ0) is 18.7. The number of aryl methyl sites for hydroxylation is 1. The molecule has 1 N–H and O–H groups in total. The maximum Gasteiger partial charge on any atom is 0.230 e. The smallest absolute Gasteiger partial charge is 0.230 e. The van der Waals surface area contributed by atoms with Crippen LogP contribution in [0.1, 0.15) is 24.0 Å². The number of pyridine rings is 1. The molecule has 1 fully saturated rings. The number of benzene rings is 1. The van der Waals surface area contributed by atoms with Crippen LogP contribution in [-0.2, 0) is 4.79 Å². The van der Waals surface area contributed by atoms with E-state index >= 15 is 0 Å². The Hall–Kier alpha value is -3.01. The van der Waals surface area contributed by atoms with E-state index in [1.807, 2.05) is 13.0 Å². The van der Waals surface area contributed by atoms with Crippen molar-refractivity contribution < 1.29 is 13.6 Å². The van der Waals surface area contributed by atoms with Gasteiger partial charge in [0.25, 0.3) is 0 Å². The van der Waals surface area contributed by atoms with E-state index in [2.05, 4.69) is 10.3 Å². The number of halogens is 2. The second-order valence-corrected chi connectivity index (χ2v) is 6.34. The van der Waals surface area contributed by atoms with Gasteiger partial charge in [0.1, 0.15) is 11.5 Å². The molecule has 0 bridgehead atoms. The van der Waals surface area contributed by atoms with Gasteiger partial charge in [-0.2, -0.15) is 5.26 Å². The molecule has 1 amide bonds. The van der Waals surface area contributed by atoms with Crippen molar-refractivity contribution >= 4 is 17.4 Å². The predicted octanol–water partition coefficient (Wildman–Crippen LogP) is 3.40. The SMILES string of the molecule is Cc1cccnc1NC(=O)[C@@H]1CCCN(c2c(F)cc(C#N)cc2F)C1. The molecule has 0 spiro atoms. The first-order valence-corrected chi connectivity index (χ1v) is 8.36. The summed E-state index contributed by atoms with van der Waals surface area (Å²) in [5.74, 6) is -1.71. The van der Waals surface area contributed by atoms with Gasteiger partial charge >= 0.3 is 0 Å². The third-order valence-corrected chi connectivity index (χ3v) is 4.51. The first kappa shape index (κ1) is 17.8. The Balaban J connectivity index is 1.77. The number of hydrogen-bond acceptors (Lipinski definition) is 4. The van der Waals surface area contributed by atoms with Gasteiger partial charge in [0.05, 0.1) is 17.6 Å². The van der Waals surface area contributed by atoms with E-state index < -0.39 is 17.6 Å². The molecule has 2 heterocycles. The van der Waals surface area contributed by atoms with Gasteiger partial charge in [-0.1, -0.05) is 6.07 Å². The number of anilines is 2. The minimum Gasteiger partial charge on any atom is -0.366 e. The highest BCUT2D eigenvalue weighted by Gasteiger charge is 2.29. The van der Waals surface area contributed by atoms with Gasteiger partial charge in [-0.15, -0.1) is 0 Å². The topological polar surface area (TPSA) is 69.0 Å². The minimum absolute atomic E-state index is 0.0688. The highest BCUT2D eigenvalue weighted by atomic mass is 19.1. The van der Waals surface area contributed by atoms with Crippen LogP contribution >= 0.6 is 0 Å². The number of aromatic nitrogens is 1. The number of hydrogen-bond donors (Lipinski definition) is 1. The van der Waals surface area contributed by atoms with E-state index in [1.165, 1.54) is 4.90 Å². The lowest BCUT2D eigenvalue weighted by molar-refractivity contribution is -0.120. The van der Waals surface area contributed by atoms with Crippen LogP contribution in [0.25, 0.3) is 0 Å². The fraction of sp³-hybridized carbons (Fsp3) is 0.316. The number of rotatable bonds is 3. The van der Waals surface area contributed by atoms with Crippen molar-refractivity contribution in [1.29, 1.82) is 5.26 Å². The van der Waals surface area contributed by atoms with Crippen molar-refractivity contribution in [1.82, 2.24) is 4.98 Å². The number of nitriles is 1. The largest absolute Gasteiger partial charge is 0.366 e. The second-order valence-electron chi connectivity index (χ2n) is 6.34. The lowest BCUT2D eigenvalue weighted by atomic mass is 9.96. The van der Waals surface area contributed by atoms with Gasteiger partial charge in [0.2, 0.25) is 5.91 Å². The molecule has 1 aliphatic rings. The third-order valence-electron chi connectivity index (χ3n) is 4.51. The summed E-state index contributed by atoms with van der Waals surface area (Å²) in [6.45, 7) is 2.50. The molecule has 2 aromatic rings. The van der Waals surface area contributed by atoms with Crippen LogP contribution in [0.3, 0.4) is 0 Å². The molecule has 1 atom stereocenters. The lowest BCUT2D eigenvalue weighted by Gasteiger charge is -2.34. The number of carbonyl (C=O) groups excluding carboxylic acids is 1. The quantitative estimate of drug-likeness (QED) is 0.915. The standard InChI is InChI=1S/C19H18F2N4O/c1-12-4-2-6-23-18(12)24-19(26)14-5-3-7-25(11-14)17-15(20)8-13(10-22)9-16(17)21/h2,4,6,8-9,14H,3,5,7,11H2,1H3,(H,23,24,26)/t14-/m1/s1. The summed E-state index contributed by atoms with van der Waals surface area (Å²) in [4.78, 5) is 18.2. The Morgan fingerprint density at radius 3 is 2.77 bits per heavy atom. The molecule has 0 aliphatic carbocycles. The Morgan fingerprint density at radius 2 is 2.12 bits per heavy atom. The summed E-state index contributed by atoms with van der Waals surface area (Å²) in [6, 6.07) is 7.38. The maximum absolute atomic E-state index is 14.3. The highest BCUT2D eigenvalue weighted by Crippen LogP contribution is 2.29. The third kappa shape index (κ3) is 3.64. The molecule has 26 heavy (non-hydrogen) atoms. The molecular formula is C19H18F2N4O. The van der Waals surface area contributed by atoms with Crippen LogP contribution in [0.2, 0.25) is 0 Å². The highest BCUT2D eigenvalue weighted by molar-refractivity contribution is 5.92. The molecule has 5 nitrogen and oxygen atoms in total. The summed E-state index contributed by atoms with van der Waals surface area (Å²) in [5.41, 5.74) is 0.592. The molecule has 3 rings (SSSR count). The summed E-state index contributed by atoms with van der Waals surface area (Å²) >= 11 is 0. The molecule has 1 saturated heterocycles. The molecular weight excluding hydrogens is 338 g/mol. The van der Waals surface area contributed by atoms with E-state index in [0.29, 0.717) is 25.2 Å². The molecule has 0 unspecified atom stereocenters. The first-order chi connectivity index (χ1) is 12.5. The Labute approximate surface area is 150 Å². The van der Waals surface area contributed by atoms with Crippen LogP contribution in [0, 0.1) is 35.8 Å². The summed E-state index contributed by atoms with van der Waals surface area (Å²) in [7, 11) is 0. The number of nitrogens with one attached hydrogen (secondary N) is 1. The predicted molar refractivity (Wildman–Crippen MR) is 93.6 cm³/mol. The van der Waals surface area contributed by atoms with Crippen molar-refractivity contribution in [2.45, 2.75) is 19.8 Å². The van der Waals surface area contributed by atoms with Gasteiger partial charge in [-0.25, -0.2) is 13.8 Å². The minimum atomic E-state index is -0.789. The Morgan fingerprint density at radius 1 is 1.38 bits per heavy atom. The summed E-state index contributed by atoms with van der Waals surface area (Å²) < 4.78 is 28.5. The van der Waals surface area contributed by atoms with Crippen molar-refractivity contribution in [3.63, 3.8) is 0 Å². The maximum atomic E-state index is 14.3. The molecule has 1 aromatic carbocycles. The average molecular weight is 356 g/mol. The lowest BCUT2D eigenvalue weighted by Crippen LogP contribution is -2.41. The number of carbonyl (C=O) groups is 1. The van der Waals surface area contributed by atoms with Gasteiger partial charge in [0.15, 0.2) is 11.6 Å². The number of piperidine rings is 1. The average Bonchev–Trinajstić information content (AvgIpc) is 2.63. The van der Waals surface area contributed by atoms with Crippen molar-refractivity contribution in [3.8, 4) is 6.07 Å². The van der Waals surface area contributed by atoms with E-state index in [0.717, 1.165) is 17.7 Å². The van der Waals surface area contributed by atoms with E-state index in [1.54, 1.807) is 18.3 Å². The van der Waals surface area contributed by atoms with Crippen molar-refractivity contribution in [3.05, 3.63) is 53.2 Å². The molecule has 0 radical (unpaired) electrons. The summed E-state index contributed by atoms with van der Waals surface area (Å²) in [6.07, 6.45) is 2.86. The normalized spacial score (nSPS) is 16.8. The zero-order valence-electron chi connectivity index (χ0n) is 14.3. The van der Waals surface area contributed by atoms with E-state index in [-0.39, 0.29) is 23.7 Å². The first-order valence-electron chi connectivity index (χ1n) is 8.36. The van der Waals surface area contributed by atoms with Crippen LogP contribution in [0.4, 0.5) is 20.3 Å². The second kappa shape index (κ2) is 7.48. The Kier molecular flexibility index (Phi) is 5.12. The fourth-order valence-corrected chi connectivity index (χ4v) is 3.16. The Bertz CT molecular complexity index is 855. The monoisotopic (exact) mass is 356 g/mol. The van der Waals surface area contributed by atoms with Gasteiger partial charge in [-0.3, -0.25) is 4.79 Å². The van der Waals surface area contributed by atoms with Crippen LogP contribution in [0.5, 0.6) is 0 Å². The molecule has 1 aliphatic heterocycles. The van der Waals surface area contributed by atoms with Crippen LogP contribution < -0.4 is 10.2 Å². The van der Waals surface area contributed by atoms with Crippen molar-refractivity contribution in [2.24, 2.45) is 5.92 Å². The van der Waals surface area contributed by atoms with Gasteiger partial charge in [-0.05, 0) is 43.5 Å². The van der Waals surface area contributed by atoms with E-state index in [9.17, 15) is 13.6 Å². The molecule has 7 heteroatoms. The fourth-order valence-electron chi connectivity index (χ4n) is 3.16. The van der Waals surface area contributed by atoms with Crippen LogP contribution in [-0.4, -0.2) is 24.0 Å². The zero-order valence-corrected chi connectivity index (χ0v) is 14.3. The number of amides is 1. The van der Waals surface area contributed by atoms with Crippen LogP contribution in [0.15, 0.2) is 30.5 Å². The molecule has 134 valence electrons. The van der Waals surface area contributed by atoms with E-state index in [4.69, 9.17) is 5.26 Å². The van der Waals surface area contributed by atoms with Gasteiger partial charge < -0.3 is 10.2 Å². The molecule has 0 saturated carbocycles. The van der Waals surface area contributed by atoms with Gasteiger partial charge in [0, 0.05) is 19.3 Å². The number of nitrogens with zero attached hydrogens (tertiary/aromatic N) is 3. The van der Waals surface area contributed by atoms with Crippen molar-refractivity contribution in [2.75, 3.05) is 23.3 Å². The molecule has 1 aromatic heterocycles. The summed E-state index contributed by atoms with van der Waals surface area (Å²) in [5, 5.41) is 11.6.